The van der Waals surface area contributed by atoms with Gasteiger partial charge in [0, 0.05) is 11.4 Å². The first kappa shape index (κ1) is 18.0. The van der Waals surface area contributed by atoms with E-state index in [0.29, 0.717) is 22.6 Å². The van der Waals surface area contributed by atoms with Gasteiger partial charge in [-0.15, -0.1) is 0 Å². The highest BCUT2D eigenvalue weighted by molar-refractivity contribution is 7.89. The number of aryl methyl sites for hydroxylation is 1. The molecule has 0 radical (unpaired) electrons. The van der Waals surface area contributed by atoms with Crippen molar-refractivity contribution in [2.24, 2.45) is 0 Å². The van der Waals surface area contributed by atoms with Gasteiger partial charge in [-0.2, -0.15) is 5.26 Å². The summed E-state index contributed by atoms with van der Waals surface area (Å²) in [6.07, 6.45) is 0.450. The predicted molar refractivity (Wildman–Crippen MR) is 91.7 cm³/mol. The summed E-state index contributed by atoms with van der Waals surface area (Å²) in [4.78, 5) is 11.8. The summed E-state index contributed by atoms with van der Waals surface area (Å²) in [6.45, 7) is 0. The molecule has 24 heavy (non-hydrogen) atoms. The first-order valence-corrected chi connectivity index (χ1v) is 9.18. The lowest BCUT2D eigenvalue weighted by Crippen LogP contribution is -2.31. The molecule has 1 N–H and O–H groups in total. The van der Waals surface area contributed by atoms with E-state index in [1.165, 1.54) is 12.1 Å². The molecule has 0 heterocycles. The van der Waals surface area contributed by atoms with Crippen LogP contribution in [0.3, 0.4) is 0 Å². The average Bonchev–Trinajstić information content (AvgIpc) is 2.53. The minimum atomic E-state index is -3.77. The molecule has 0 spiro atoms. The Hall–Kier alpha value is -2.36. The lowest BCUT2D eigenvalue weighted by Gasteiger charge is -2.07. The van der Waals surface area contributed by atoms with Gasteiger partial charge in [0.05, 0.1) is 17.4 Å². The summed E-state index contributed by atoms with van der Waals surface area (Å²) in [6, 6.07) is 15.2. The second kappa shape index (κ2) is 7.95. The van der Waals surface area contributed by atoms with Gasteiger partial charge in [0.1, 0.15) is 0 Å². The van der Waals surface area contributed by atoms with Crippen LogP contribution in [0.15, 0.2) is 48.5 Å². The van der Waals surface area contributed by atoms with E-state index in [1.54, 1.807) is 30.3 Å². The minimum absolute atomic E-state index is 0.0486. The van der Waals surface area contributed by atoms with Crippen LogP contribution in [0, 0.1) is 11.3 Å². The largest absolute Gasteiger partial charge is 0.274 e. The topological polar surface area (TPSA) is 87.0 Å². The molecule has 7 heteroatoms. The fraction of sp³-hybridized carbons (Fsp3) is 0.176. The Bertz CT molecular complexity index is 871. The zero-order valence-electron chi connectivity index (χ0n) is 12.7. The average molecular weight is 363 g/mol. The van der Waals surface area contributed by atoms with Gasteiger partial charge in [-0.05, 0) is 41.8 Å². The molecule has 5 nitrogen and oxygen atoms in total. The first-order valence-electron chi connectivity index (χ1n) is 7.15. The van der Waals surface area contributed by atoms with Crippen molar-refractivity contribution in [1.29, 1.82) is 5.26 Å². The maximum atomic E-state index is 12.0. The molecule has 2 aromatic rings. The Morgan fingerprint density at radius 1 is 1.12 bits per heavy atom. The van der Waals surface area contributed by atoms with Gasteiger partial charge < -0.3 is 0 Å². The number of nitriles is 1. The molecule has 0 bridgehead atoms. The first-order chi connectivity index (χ1) is 11.4. The Morgan fingerprint density at radius 3 is 2.46 bits per heavy atom. The SMILES string of the molecule is N#Cc1ccc(CS(=O)(=O)NC(=O)CCc2cccc(Cl)c2)cc1. The molecule has 0 aliphatic rings. The molecule has 2 rings (SSSR count). The fourth-order valence-corrected chi connectivity index (χ4v) is 3.47. The van der Waals surface area contributed by atoms with Crippen molar-refractivity contribution in [2.45, 2.75) is 18.6 Å². The number of hydrogen-bond acceptors (Lipinski definition) is 4. The molecule has 0 aliphatic carbocycles. The van der Waals surface area contributed by atoms with Crippen LogP contribution in [0.2, 0.25) is 5.02 Å². The normalized spacial score (nSPS) is 10.8. The Morgan fingerprint density at radius 2 is 1.83 bits per heavy atom. The Labute approximate surface area is 145 Å². The molecule has 0 saturated heterocycles. The van der Waals surface area contributed by atoms with E-state index in [2.05, 4.69) is 4.72 Å². The van der Waals surface area contributed by atoms with E-state index in [-0.39, 0.29) is 12.2 Å². The Balaban J connectivity index is 1.90. The third kappa shape index (κ3) is 5.69. The van der Waals surface area contributed by atoms with Gasteiger partial charge in [-0.25, -0.2) is 8.42 Å². The number of nitrogens with zero attached hydrogens (tertiary/aromatic N) is 1. The number of nitrogens with one attached hydrogen (secondary N) is 1. The van der Waals surface area contributed by atoms with E-state index in [1.807, 2.05) is 12.1 Å². The number of sulfonamides is 1. The summed E-state index contributed by atoms with van der Waals surface area (Å²) in [5.74, 6) is -0.884. The van der Waals surface area contributed by atoms with Crippen LogP contribution >= 0.6 is 11.6 Å². The molecule has 0 saturated carbocycles. The minimum Gasteiger partial charge on any atom is -0.274 e. The molecule has 0 fully saturated rings. The molecule has 2 aromatic carbocycles. The zero-order valence-corrected chi connectivity index (χ0v) is 14.3. The van der Waals surface area contributed by atoms with Gasteiger partial charge in [0.15, 0.2) is 0 Å². The molecule has 124 valence electrons. The van der Waals surface area contributed by atoms with Gasteiger partial charge in [0.25, 0.3) is 0 Å². The van der Waals surface area contributed by atoms with Crippen LogP contribution in [0.25, 0.3) is 0 Å². The molecular weight excluding hydrogens is 348 g/mol. The van der Waals surface area contributed by atoms with Crippen molar-refractivity contribution >= 4 is 27.5 Å². The van der Waals surface area contributed by atoms with E-state index < -0.39 is 15.9 Å². The molecule has 0 aromatic heterocycles. The number of halogens is 1. The van der Waals surface area contributed by atoms with Crippen LogP contribution in [0.4, 0.5) is 0 Å². The quantitative estimate of drug-likeness (QED) is 0.855. The van der Waals surface area contributed by atoms with E-state index in [0.717, 1.165) is 5.56 Å². The summed E-state index contributed by atoms with van der Waals surface area (Å²) in [5, 5.41) is 9.29. The van der Waals surface area contributed by atoms with Crippen LogP contribution < -0.4 is 4.72 Å². The molecule has 0 unspecified atom stereocenters. The summed E-state index contributed by atoms with van der Waals surface area (Å²) in [7, 11) is -3.77. The smallest absolute Gasteiger partial charge is 0.239 e. The van der Waals surface area contributed by atoms with Crippen molar-refractivity contribution in [3.05, 3.63) is 70.2 Å². The highest BCUT2D eigenvalue weighted by Gasteiger charge is 2.15. The number of benzene rings is 2. The third-order valence-corrected chi connectivity index (χ3v) is 4.73. The highest BCUT2D eigenvalue weighted by Crippen LogP contribution is 2.12. The van der Waals surface area contributed by atoms with Crippen LogP contribution in [0.1, 0.15) is 23.1 Å². The van der Waals surface area contributed by atoms with Crippen molar-refractivity contribution in [3.8, 4) is 6.07 Å². The standard InChI is InChI=1S/C17H15ClN2O3S/c18-16-3-1-2-13(10-16)8-9-17(21)20-24(22,23)12-15-6-4-14(11-19)5-7-15/h1-7,10H,8-9,12H2,(H,20,21). The van der Waals surface area contributed by atoms with Gasteiger partial charge in [-0.1, -0.05) is 35.9 Å². The van der Waals surface area contributed by atoms with Crippen molar-refractivity contribution in [2.75, 3.05) is 0 Å². The van der Waals surface area contributed by atoms with Crippen LogP contribution in [-0.4, -0.2) is 14.3 Å². The maximum absolute atomic E-state index is 12.0. The van der Waals surface area contributed by atoms with Gasteiger partial charge in [0.2, 0.25) is 15.9 Å². The summed E-state index contributed by atoms with van der Waals surface area (Å²) in [5.41, 5.74) is 1.81. The fourth-order valence-electron chi connectivity index (χ4n) is 2.11. The number of carbonyl (C=O) groups excluding carboxylic acids is 1. The van der Waals surface area contributed by atoms with E-state index in [4.69, 9.17) is 16.9 Å². The van der Waals surface area contributed by atoms with Crippen LogP contribution in [0.5, 0.6) is 0 Å². The highest BCUT2D eigenvalue weighted by atomic mass is 35.5. The zero-order chi connectivity index (χ0) is 17.6. The summed E-state index contributed by atoms with van der Waals surface area (Å²) < 4.78 is 26.1. The van der Waals surface area contributed by atoms with E-state index >= 15 is 0 Å². The lowest BCUT2D eigenvalue weighted by atomic mass is 10.1. The van der Waals surface area contributed by atoms with Gasteiger partial charge in [-0.3, -0.25) is 9.52 Å². The molecule has 0 aliphatic heterocycles. The predicted octanol–water partition coefficient (Wildman–Crippen LogP) is 2.79. The monoisotopic (exact) mass is 362 g/mol. The lowest BCUT2D eigenvalue weighted by molar-refractivity contribution is -0.119. The number of hydrogen-bond donors (Lipinski definition) is 1. The van der Waals surface area contributed by atoms with E-state index in [9.17, 15) is 13.2 Å². The second-order valence-electron chi connectivity index (χ2n) is 5.22. The van der Waals surface area contributed by atoms with Crippen LogP contribution in [-0.2, 0) is 27.0 Å². The Kier molecular flexibility index (Phi) is 5.96. The van der Waals surface area contributed by atoms with Gasteiger partial charge >= 0.3 is 0 Å². The molecule has 0 atom stereocenters. The third-order valence-electron chi connectivity index (χ3n) is 3.24. The maximum Gasteiger partial charge on any atom is 0.239 e. The number of amides is 1. The number of carbonyl (C=O) groups is 1. The molecule has 1 amide bonds. The summed E-state index contributed by atoms with van der Waals surface area (Å²) >= 11 is 5.86. The molecular formula is C17H15ClN2O3S. The van der Waals surface area contributed by atoms with Crippen molar-refractivity contribution in [3.63, 3.8) is 0 Å². The van der Waals surface area contributed by atoms with Crippen molar-refractivity contribution < 1.29 is 13.2 Å². The second-order valence-corrected chi connectivity index (χ2v) is 7.38. The van der Waals surface area contributed by atoms with Crippen molar-refractivity contribution in [1.82, 2.24) is 4.72 Å². The number of rotatable bonds is 6.